The molecule has 0 saturated carbocycles. The Morgan fingerprint density at radius 3 is 2.31 bits per heavy atom. The molecule has 2 rings (SSSR count). The molecule has 0 spiro atoms. The zero-order chi connectivity index (χ0) is 19.3. The van der Waals surface area contributed by atoms with Gasteiger partial charge in [0.2, 0.25) is 5.91 Å². The Kier molecular flexibility index (Phi) is 6.71. The van der Waals surface area contributed by atoms with Gasteiger partial charge >= 0.3 is 6.03 Å². The summed E-state index contributed by atoms with van der Waals surface area (Å²) >= 11 is 12.0. The second-order valence-corrected chi connectivity index (χ2v) is 6.53. The minimum atomic E-state index is -0.319. The van der Waals surface area contributed by atoms with E-state index in [9.17, 15) is 9.59 Å². The number of nitrogens with zero attached hydrogens (tertiary/aromatic N) is 1. The van der Waals surface area contributed by atoms with Crippen LogP contribution in [-0.2, 0) is 11.3 Å². The van der Waals surface area contributed by atoms with Gasteiger partial charge in [-0.3, -0.25) is 4.79 Å². The van der Waals surface area contributed by atoms with Crippen LogP contribution in [0, 0.1) is 0 Å². The average Bonchev–Trinajstić information content (AvgIpc) is 2.53. The van der Waals surface area contributed by atoms with E-state index in [-0.39, 0.29) is 11.9 Å². The number of hydrogen-bond donors (Lipinski definition) is 2. The fourth-order valence-corrected chi connectivity index (χ4v) is 2.91. The number of amides is 3. The van der Waals surface area contributed by atoms with Gasteiger partial charge in [-0.05, 0) is 42.0 Å². The number of carbonyl (C=O) groups excluding carboxylic acids is 2. The molecule has 2 aromatic carbocycles. The summed E-state index contributed by atoms with van der Waals surface area (Å²) in [6, 6.07) is 9.79. The number of urea groups is 1. The van der Waals surface area contributed by atoms with Crippen molar-refractivity contribution in [1.29, 1.82) is 0 Å². The first-order valence-corrected chi connectivity index (χ1v) is 8.47. The Labute approximate surface area is 162 Å². The molecule has 0 aromatic heterocycles. The Bertz CT molecular complexity index is 807. The molecule has 0 bridgehead atoms. The molecule has 0 unspecified atom stereocenters. The Morgan fingerprint density at radius 2 is 1.73 bits per heavy atom. The largest absolute Gasteiger partial charge is 0.495 e. The quantitative estimate of drug-likeness (QED) is 0.775. The molecule has 8 heteroatoms. The first-order valence-electron chi connectivity index (χ1n) is 7.71. The third-order valence-corrected chi connectivity index (χ3v) is 3.89. The topological polar surface area (TPSA) is 70.7 Å². The van der Waals surface area contributed by atoms with Crippen molar-refractivity contribution in [2.75, 3.05) is 24.8 Å². The normalized spacial score (nSPS) is 10.2. The lowest BCUT2D eigenvalue weighted by molar-refractivity contribution is -0.114. The summed E-state index contributed by atoms with van der Waals surface area (Å²) in [5.74, 6) is 0.266. The van der Waals surface area contributed by atoms with Crippen LogP contribution in [0.4, 0.5) is 16.2 Å². The predicted molar refractivity (Wildman–Crippen MR) is 104 cm³/mol. The highest BCUT2D eigenvalue weighted by Crippen LogP contribution is 2.28. The van der Waals surface area contributed by atoms with Crippen LogP contribution < -0.4 is 15.4 Å². The maximum atomic E-state index is 12.4. The van der Waals surface area contributed by atoms with Crippen molar-refractivity contribution in [3.8, 4) is 5.75 Å². The van der Waals surface area contributed by atoms with Crippen LogP contribution in [0.25, 0.3) is 0 Å². The van der Waals surface area contributed by atoms with Crippen molar-refractivity contribution in [2.45, 2.75) is 13.5 Å². The number of rotatable bonds is 5. The molecule has 0 aliphatic heterocycles. The predicted octanol–water partition coefficient (Wildman–Crippen LogP) is 4.62. The highest BCUT2D eigenvalue weighted by atomic mass is 35.5. The number of benzene rings is 2. The fourth-order valence-electron chi connectivity index (χ4n) is 2.34. The number of halogens is 2. The molecule has 138 valence electrons. The van der Waals surface area contributed by atoms with Crippen LogP contribution in [-0.4, -0.2) is 31.0 Å². The van der Waals surface area contributed by atoms with Gasteiger partial charge in [0, 0.05) is 36.2 Å². The molecule has 0 aliphatic carbocycles. The number of ether oxygens (including phenoxy) is 1. The lowest BCUT2D eigenvalue weighted by Crippen LogP contribution is -2.30. The molecule has 3 amide bonds. The average molecular weight is 396 g/mol. The molecule has 0 aliphatic rings. The van der Waals surface area contributed by atoms with Crippen molar-refractivity contribution >= 4 is 46.5 Å². The lowest BCUT2D eigenvalue weighted by Gasteiger charge is -2.19. The number of carbonyl (C=O) groups is 2. The Morgan fingerprint density at radius 1 is 1.08 bits per heavy atom. The zero-order valence-electron chi connectivity index (χ0n) is 14.6. The SMILES string of the molecule is COc1ccc(NC(=O)N(C)Cc2cc(Cl)cc(Cl)c2)cc1NC(C)=O. The molecule has 0 fully saturated rings. The third kappa shape index (κ3) is 5.54. The summed E-state index contributed by atoms with van der Waals surface area (Å²) in [6.45, 7) is 1.73. The van der Waals surface area contributed by atoms with Crippen molar-refractivity contribution < 1.29 is 14.3 Å². The van der Waals surface area contributed by atoms with Crippen LogP contribution in [0.1, 0.15) is 12.5 Å². The van der Waals surface area contributed by atoms with Crippen molar-refractivity contribution in [2.24, 2.45) is 0 Å². The molecule has 6 nitrogen and oxygen atoms in total. The van der Waals surface area contributed by atoms with E-state index < -0.39 is 0 Å². The van der Waals surface area contributed by atoms with E-state index in [0.717, 1.165) is 5.56 Å². The summed E-state index contributed by atoms with van der Waals surface area (Å²) in [5.41, 5.74) is 1.81. The van der Waals surface area contributed by atoms with Gasteiger partial charge in [0.15, 0.2) is 0 Å². The van der Waals surface area contributed by atoms with Crippen LogP contribution in [0.15, 0.2) is 36.4 Å². The van der Waals surface area contributed by atoms with Crippen molar-refractivity contribution in [3.63, 3.8) is 0 Å². The van der Waals surface area contributed by atoms with E-state index in [1.807, 2.05) is 0 Å². The zero-order valence-corrected chi connectivity index (χ0v) is 16.1. The fraction of sp³-hybridized carbons (Fsp3) is 0.222. The number of anilines is 2. The molecule has 0 heterocycles. The molecule has 2 aromatic rings. The molecule has 0 radical (unpaired) electrons. The molecule has 0 saturated heterocycles. The van der Waals surface area contributed by atoms with Gasteiger partial charge in [0.1, 0.15) is 5.75 Å². The lowest BCUT2D eigenvalue weighted by atomic mass is 10.2. The van der Waals surface area contributed by atoms with Crippen LogP contribution >= 0.6 is 23.2 Å². The highest BCUT2D eigenvalue weighted by Gasteiger charge is 2.12. The van der Waals surface area contributed by atoms with E-state index in [1.54, 1.807) is 43.4 Å². The van der Waals surface area contributed by atoms with Crippen molar-refractivity contribution in [1.82, 2.24) is 4.90 Å². The first kappa shape index (κ1) is 19.9. The van der Waals surface area contributed by atoms with E-state index in [4.69, 9.17) is 27.9 Å². The minimum absolute atomic E-state index is 0.235. The molecular weight excluding hydrogens is 377 g/mol. The molecule has 0 atom stereocenters. The first-order chi connectivity index (χ1) is 12.3. The standard InChI is InChI=1S/C18H19Cl2N3O3/c1-11(24)21-16-9-15(4-5-17(16)26-3)22-18(25)23(2)10-12-6-13(19)8-14(20)7-12/h4-9H,10H2,1-3H3,(H,21,24)(H,22,25). The third-order valence-electron chi connectivity index (χ3n) is 3.45. The maximum absolute atomic E-state index is 12.4. The highest BCUT2D eigenvalue weighted by molar-refractivity contribution is 6.34. The van der Waals surface area contributed by atoms with Gasteiger partial charge in [-0.25, -0.2) is 4.79 Å². The van der Waals surface area contributed by atoms with E-state index in [2.05, 4.69) is 10.6 Å². The van der Waals surface area contributed by atoms with Gasteiger partial charge in [-0.15, -0.1) is 0 Å². The van der Waals surface area contributed by atoms with Gasteiger partial charge in [0.25, 0.3) is 0 Å². The Balaban J connectivity index is 2.09. The molecular formula is C18H19Cl2N3O3. The van der Waals surface area contributed by atoms with Crippen molar-refractivity contribution in [3.05, 3.63) is 52.0 Å². The minimum Gasteiger partial charge on any atom is -0.495 e. The smallest absolute Gasteiger partial charge is 0.321 e. The van der Waals surface area contributed by atoms with E-state index in [0.29, 0.717) is 33.7 Å². The van der Waals surface area contributed by atoms with Gasteiger partial charge in [-0.1, -0.05) is 23.2 Å². The van der Waals surface area contributed by atoms with Gasteiger partial charge in [0.05, 0.1) is 12.8 Å². The van der Waals surface area contributed by atoms with Crippen LogP contribution in [0.5, 0.6) is 5.75 Å². The Hall–Kier alpha value is -2.44. The number of nitrogens with one attached hydrogen (secondary N) is 2. The summed E-state index contributed by atoms with van der Waals surface area (Å²) < 4.78 is 5.19. The summed E-state index contributed by atoms with van der Waals surface area (Å²) in [7, 11) is 3.16. The molecule has 2 N–H and O–H groups in total. The van der Waals surface area contributed by atoms with E-state index in [1.165, 1.54) is 18.9 Å². The second-order valence-electron chi connectivity index (χ2n) is 5.66. The summed E-state index contributed by atoms with van der Waals surface area (Å²) in [6.07, 6.45) is 0. The maximum Gasteiger partial charge on any atom is 0.321 e. The van der Waals surface area contributed by atoms with Gasteiger partial charge < -0.3 is 20.3 Å². The van der Waals surface area contributed by atoms with Gasteiger partial charge in [-0.2, -0.15) is 0 Å². The summed E-state index contributed by atoms with van der Waals surface area (Å²) in [4.78, 5) is 25.2. The van der Waals surface area contributed by atoms with E-state index >= 15 is 0 Å². The number of methoxy groups -OCH3 is 1. The second kappa shape index (κ2) is 8.78. The summed E-state index contributed by atoms with van der Waals surface area (Å²) in [5, 5.41) is 6.45. The number of hydrogen-bond acceptors (Lipinski definition) is 3. The van der Waals surface area contributed by atoms with Crippen LogP contribution in [0.3, 0.4) is 0 Å². The van der Waals surface area contributed by atoms with Crippen LogP contribution in [0.2, 0.25) is 10.0 Å². The monoisotopic (exact) mass is 395 g/mol. The molecule has 26 heavy (non-hydrogen) atoms.